The highest BCUT2D eigenvalue weighted by molar-refractivity contribution is 6.01. The second-order valence-electron chi connectivity index (χ2n) is 7.04. The number of hydrogen-bond acceptors (Lipinski definition) is 4. The average Bonchev–Trinajstić information content (AvgIpc) is 3.52. The van der Waals surface area contributed by atoms with Crippen molar-refractivity contribution in [2.24, 2.45) is 0 Å². The molecule has 0 spiro atoms. The molecule has 4 rings (SSSR count). The quantitative estimate of drug-likeness (QED) is 0.716. The van der Waals surface area contributed by atoms with Crippen molar-refractivity contribution in [3.05, 3.63) is 76.2 Å². The van der Waals surface area contributed by atoms with Gasteiger partial charge in [-0.2, -0.15) is 0 Å². The van der Waals surface area contributed by atoms with Crippen molar-refractivity contribution in [2.75, 3.05) is 12.4 Å². The van der Waals surface area contributed by atoms with E-state index in [1.165, 1.54) is 0 Å². The van der Waals surface area contributed by atoms with Crippen molar-refractivity contribution in [1.82, 2.24) is 9.97 Å². The van der Waals surface area contributed by atoms with Gasteiger partial charge in [0, 0.05) is 6.20 Å². The van der Waals surface area contributed by atoms with Gasteiger partial charge in [-0.25, -0.2) is 4.98 Å². The summed E-state index contributed by atoms with van der Waals surface area (Å²) in [6.07, 6.45) is 3.17. The Balaban J connectivity index is 1.61. The van der Waals surface area contributed by atoms with E-state index in [2.05, 4.69) is 15.3 Å². The molecule has 1 fully saturated rings. The minimum atomic E-state index is -0.525. The van der Waals surface area contributed by atoms with Crippen molar-refractivity contribution in [2.45, 2.75) is 25.2 Å². The van der Waals surface area contributed by atoms with Gasteiger partial charge in [0.2, 0.25) is 5.91 Å². The number of ether oxygens (including phenoxy) is 1. The van der Waals surface area contributed by atoms with E-state index in [1.54, 1.807) is 31.5 Å². The van der Waals surface area contributed by atoms with Gasteiger partial charge in [0.15, 0.2) is 0 Å². The van der Waals surface area contributed by atoms with E-state index in [-0.39, 0.29) is 11.5 Å². The topological polar surface area (TPSA) is 84.1 Å². The van der Waals surface area contributed by atoms with Gasteiger partial charge >= 0.3 is 0 Å². The highest BCUT2D eigenvalue weighted by atomic mass is 16.5. The Morgan fingerprint density at radius 3 is 2.54 bits per heavy atom. The van der Waals surface area contributed by atoms with E-state index < -0.39 is 5.41 Å². The summed E-state index contributed by atoms with van der Waals surface area (Å²) in [6, 6.07) is 14.7. The first-order valence-electron chi connectivity index (χ1n) is 9.15. The lowest BCUT2D eigenvalue weighted by Gasteiger charge is -2.16. The zero-order valence-corrected chi connectivity index (χ0v) is 15.8. The maximum absolute atomic E-state index is 13.0. The molecule has 1 saturated carbocycles. The molecular weight excluding hydrogens is 354 g/mol. The standard InChI is InChI=1S/C22H21N3O3/c1-14-5-10-18(24-19(14)17-4-3-13-23-20(17)26)25-21(27)22(11-12-22)15-6-8-16(28-2)9-7-15/h3-10,13H,11-12H2,1-2H3,(H,23,26)(H,24,25,27). The Hall–Kier alpha value is -3.41. The smallest absolute Gasteiger partial charge is 0.257 e. The van der Waals surface area contributed by atoms with Crippen LogP contribution < -0.4 is 15.6 Å². The Morgan fingerprint density at radius 2 is 1.89 bits per heavy atom. The second-order valence-corrected chi connectivity index (χ2v) is 7.04. The molecule has 0 radical (unpaired) electrons. The minimum Gasteiger partial charge on any atom is -0.497 e. The van der Waals surface area contributed by atoms with Crippen LogP contribution in [0.25, 0.3) is 11.3 Å². The van der Waals surface area contributed by atoms with Crippen molar-refractivity contribution in [3.8, 4) is 17.0 Å². The summed E-state index contributed by atoms with van der Waals surface area (Å²) in [7, 11) is 1.62. The van der Waals surface area contributed by atoms with Gasteiger partial charge in [0.1, 0.15) is 11.6 Å². The summed E-state index contributed by atoms with van der Waals surface area (Å²) in [4.78, 5) is 32.3. The number of benzene rings is 1. The number of H-pyrrole nitrogens is 1. The number of carbonyl (C=O) groups excluding carboxylic acids is 1. The predicted molar refractivity (Wildman–Crippen MR) is 108 cm³/mol. The molecule has 2 N–H and O–H groups in total. The number of methoxy groups -OCH3 is 1. The molecule has 1 amide bonds. The molecule has 1 aromatic carbocycles. The molecule has 6 heteroatoms. The number of rotatable bonds is 5. The van der Waals surface area contributed by atoms with Crippen LogP contribution in [0.1, 0.15) is 24.0 Å². The second kappa shape index (κ2) is 6.96. The molecule has 0 saturated heterocycles. The number of anilines is 1. The van der Waals surface area contributed by atoms with Gasteiger partial charge in [-0.15, -0.1) is 0 Å². The van der Waals surface area contributed by atoms with Gasteiger partial charge < -0.3 is 15.0 Å². The maximum atomic E-state index is 13.0. The van der Waals surface area contributed by atoms with Crippen LogP contribution in [0.4, 0.5) is 5.82 Å². The van der Waals surface area contributed by atoms with Crippen LogP contribution in [-0.4, -0.2) is 23.0 Å². The van der Waals surface area contributed by atoms with Gasteiger partial charge in [0.25, 0.3) is 5.56 Å². The number of carbonyl (C=O) groups is 1. The number of pyridine rings is 2. The van der Waals surface area contributed by atoms with E-state index in [9.17, 15) is 9.59 Å². The Kier molecular flexibility index (Phi) is 4.47. The highest BCUT2D eigenvalue weighted by Crippen LogP contribution is 2.49. The third-order valence-electron chi connectivity index (χ3n) is 5.24. The Labute approximate surface area is 162 Å². The van der Waals surface area contributed by atoms with E-state index >= 15 is 0 Å². The molecule has 1 aliphatic rings. The molecular formula is C22H21N3O3. The van der Waals surface area contributed by atoms with E-state index in [0.717, 1.165) is 29.7 Å². The van der Waals surface area contributed by atoms with Crippen LogP contribution >= 0.6 is 0 Å². The first-order chi connectivity index (χ1) is 13.5. The van der Waals surface area contributed by atoms with E-state index in [4.69, 9.17) is 4.74 Å². The summed E-state index contributed by atoms with van der Waals surface area (Å²) in [5.41, 5.74) is 2.15. The molecule has 0 aliphatic heterocycles. The zero-order valence-electron chi connectivity index (χ0n) is 15.8. The Morgan fingerprint density at radius 1 is 1.14 bits per heavy atom. The zero-order chi connectivity index (χ0) is 19.7. The number of hydrogen-bond donors (Lipinski definition) is 2. The van der Waals surface area contributed by atoms with Crippen LogP contribution in [0, 0.1) is 6.92 Å². The third kappa shape index (κ3) is 3.17. The first kappa shape index (κ1) is 18.0. The summed E-state index contributed by atoms with van der Waals surface area (Å²) in [5, 5.41) is 2.94. The van der Waals surface area contributed by atoms with Crippen molar-refractivity contribution < 1.29 is 9.53 Å². The normalized spacial score (nSPS) is 14.4. The average molecular weight is 375 g/mol. The molecule has 28 heavy (non-hydrogen) atoms. The highest BCUT2D eigenvalue weighted by Gasteiger charge is 2.51. The minimum absolute atomic E-state index is 0.0815. The number of nitrogens with zero attached hydrogens (tertiary/aromatic N) is 1. The number of aryl methyl sites for hydroxylation is 1. The molecule has 0 atom stereocenters. The number of amides is 1. The van der Waals surface area contributed by atoms with Crippen LogP contribution in [-0.2, 0) is 10.2 Å². The van der Waals surface area contributed by atoms with Gasteiger partial charge in [-0.05, 0) is 61.2 Å². The van der Waals surface area contributed by atoms with Gasteiger partial charge in [0.05, 0.1) is 23.8 Å². The van der Waals surface area contributed by atoms with Gasteiger partial charge in [-0.1, -0.05) is 18.2 Å². The van der Waals surface area contributed by atoms with Crippen molar-refractivity contribution in [1.29, 1.82) is 0 Å². The van der Waals surface area contributed by atoms with Crippen LogP contribution in [0.2, 0.25) is 0 Å². The fraction of sp³-hybridized carbons (Fsp3) is 0.227. The summed E-state index contributed by atoms with van der Waals surface area (Å²) in [6.45, 7) is 1.89. The predicted octanol–water partition coefficient (Wildman–Crippen LogP) is 3.42. The van der Waals surface area contributed by atoms with Crippen molar-refractivity contribution in [3.63, 3.8) is 0 Å². The summed E-state index contributed by atoms with van der Waals surface area (Å²) >= 11 is 0. The van der Waals surface area contributed by atoms with Gasteiger partial charge in [-0.3, -0.25) is 9.59 Å². The molecule has 6 nitrogen and oxygen atoms in total. The summed E-state index contributed by atoms with van der Waals surface area (Å²) in [5.74, 6) is 1.12. The van der Waals surface area contributed by atoms with Crippen LogP contribution in [0.5, 0.6) is 5.75 Å². The molecule has 1 aliphatic carbocycles. The third-order valence-corrected chi connectivity index (χ3v) is 5.24. The molecule has 142 valence electrons. The van der Waals surface area contributed by atoms with Crippen molar-refractivity contribution >= 4 is 11.7 Å². The molecule has 2 heterocycles. The van der Waals surface area contributed by atoms with Crippen LogP contribution in [0.15, 0.2) is 59.5 Å². The lowest BCUT2D eigenvalue weighted by atomic mass is 9.95. The number of aromatic amines is 1. The molecule has 0 unspecified atom stereocenters. The first-order valence-corrected chi connectivity index (χ1v) is 9.15. The lowest BCUT2D eigenvalue weighted by molar-refractivity contribution is -0.118. The number of nitrogens with one attached hydrogen (secondary N) is 2. The number of aromatic nitrogens is 2. The molecule has 2 aromatic heterocycles. The van der Waals surface area contributed by atoms with E-state index in [1.807, 2.05) is 37.3 Å². The largest absolute Gasteiger partial charge is 0.497 e. The summed E-state index contributed by atoms with van der Waals surface area (Å²) < 4.78 is 5.20. The molecule has 3 aromatic rings. The SMILES string of the molecule is COc1ccc(C2(C(=O)Nc3ccc(C)c(-c4ccc[nH]c4=O)n3)CC2)cc1. The van der Waals surface area contributed by atoms with Crippen LogP contribution in [0.3, 0.4) is 0 Å². The molecule has 0 bridgehead atoms. The maximum Gasteiger partial charge on any atom is 0.257 e. The Bertz CT molecular complexity index is 1080. The fourth-order valence-corrected chi connectivity index (χ4v) is 3.40. The fourth-order valence-electron chi connectivity index (χ4n) is 3.40. The monoisotopic (exact) mass is 375 g/mol. The lowest BCUT2D eigenvalue weighted by Crippen LogP contribution is -2.28. The van der Waals surface area contributed by atoms with E-state index in [0.29, 0.717) is 17.1 Å².